The quantitative estimate of drug-likeness (QED) is 0.832. The highest BCUT2D eigenvalue weighted by Crippen LogP contribution is 2.41. The fourth-order valence-electron chi connectivity index (χ4n) is 4.46. The van der Waals surface area contributed by atoms with Crippen molar-refractivity contribution in [1.82, 2.24) is 9.80 Å². The smallest absolute Gasteiger partial charge is 0.289 e. The molecule has 1 aromatic rings. The molecule has 1 N–H and O–H groups in total. The normalized spacial score (nSPS) is 26.3. The van der Waals surface area contributed by atoms with Crippen LogP contribution in [-0.4, -0.2) is 59.1 Å². The first-order valence-electron chi connectivity index (χ1n) is 10.2. The number of hydrogen-bond acceptors (Lipinski definition) is 4. The van der Waals surface area contributed by atoms with Crippen molar-refractivity contribution in [2.75, 3.05) is 32.7 Å². The number of carbonyl (C=O) groups excluding carboxylic acids is 1. The van der Waals surface area contributed by atoms with Crippen LogP contribution in [0.4, 0.5) is 0 Å². The zero-order chi connectivity index (χ0) is 19.1. The molecule has 5 heteroatoms. The lowest BCUT2D eigenvalue weighted by molar-refractivity contribution is 0.0656. The van der Waals surface area contributed by atoms with Crippen molar-refractivity contribution in [2.45, 2.75) is 51.6 Å². The number of piperidine rings is 1. The van der Waals surface area contributed by atoms with Crippen LogP contribution in [-0.2, 0) is 0 Å². The Hall–Kier alpha value is -1.77. The molecule has 2 saturated heterocycles. The summed E-state index contributed by atoms with van der Waals surface area (Å²) in [5.74, 6) is 7.15. The van der Waals surface area contributed by atoms with Gasteiger partial charge in [0.1, 0.15) is 5.60 Å². The minimum Gasteiger partial charge on any atom is -0.443 e. The molecule has 0 radical (unpaired) electrons. The number of likely N-dealkylation sites (tertiary alicyclic amines) is 2. The lowest BCUT2D eigenvalue weighted by Crippen LogP contribution is -2.46. The van der Waals surface area contributed by atoms with Crippen LogP contribution < -0.4 is 0 Å². The summed E-state index contributed by atoms with van der Waals surface area (Å²) >= 11 is 0. The summed E-state index contributed by atoms with van der Waals surface area (Å²) in [7, 11) is 0. The van der Waals surface area contributed by atoms with Crippen LogP contribution in [0.15, 0.2) is 16.5 Å². The van der Waals surface area contributed by atoms with E-state index in [4.69, 9.17) is 4.42 Å². The van der Waals surface area contributed by atoms with E-state index in [0.717, 1.165) is 32.0 Å². The number of hydrogen-bond donors (Lipinski definition) is 1. The van der Waals surface area contributed by atoms with Crippen LogP contribution in [0.1, 0.15) is 62.3 Å². The van der Waals surface area contributed by atoms with Gasteiger partial charge in [-0.25, -0.2) is 0 Å². The van der Waals surface area contributed by atoms with E-state index in [1.54, 1.807) is 26.0 Å². The number of nitrogens with zero attached hydrogens (tertiary/aromatic N) is 2. The first kappa shape index (κ1) is 18.6. The van der Waals surface area contributed by atoms with E-state index in [1.165, 1.54) is 38.8 Å². The second-order valence-corrected chi connectivity index (χ2v) is 9.23. The van der Waals surface area contributed by atoms with E-state index in [-0.39, 0.29) is 11.3 Å². The number of aliphatic hydroxyl groups is 1. The fraction of sp³-hybridized carbons (Fsp3) is 0.682. The van der Waals surface area contributed by atoms with Gasteiger partial charge in [0, 0.05) is 31.6 Å². The van der Waals surface area contributed by atoms with E-state index >= 15 is 0 Å². The van der Waals surface area contributed by atoms with Crippen LogP contribution in [0.5, 0.6) is 0 Å². The molecule has 1 aliphatic carbocycles. The minimum atomic E-state index is -1.08. The maximum atomic E-state index is 12.9. The SMILES string of the molecule is CC(C)(O)C#Cc1ccc(C(=O)N2CC[C@]3(CCCN(CC4CC4)C3)C2)o1. The second kappa shape index (κ2) is 7.00. The molecule has 1 amide bonds. The molecule has 3 aliphatic rings. The Kier molecular flexibility index (Phi) is 4.82. The summed E-state index contributed by atoms with van der Waals surface area (Å²) in [6.07, 6.45) is 6.34. The van der Waals surface area contributed by atoms with Crippen LogP contribution in [0.2, 0.25) is 0 Å². The molecule has 0 bridgehead atoms. The first-order valence-corrected chi connectivity index (χ1v) is 10.2. The zero-order valence-electron chi connectivity index (χ0n) is 16.5. The van der Waals surface area contributed by atoms with Gasteiger partial charge in [-0.05, 0) is 76.5 Å². The van der Waals surface area contributed by atoms with Gasteiger partial charge in [0.25, 0.3) is 5.91 Å². The highest BCUT2D eigenvalue weighted by atomic mass is 16.4. The van der Waals surface area contributed by atoms with E-state index in [9.17, 15) is 9.90 Å². The van der Waals surface area contributed by atoms with Crippen molar-refractivity contribution >= 4 is 5.91 Å². The predicted octanol–water partition coefficient (Wildman–Crippen LogP) is 2.74. The van der Waals surface area contributed by atoms with Crippen LogP contribution in [0.3, 0.4) is 0 Å². The highest BCUT2D eigenvalue weighted by Gasteiger charge is 2.44. The molecule has 1 aromatic heterocycles. The molecule has 1 spiro atoms. The van der Waals surface area contributed by atoms with Gasteiger partial charge < -0.3 is 19.3 Å². The maximum Gasteiger partial charge on any atom is 0.289 e. The lowest BCUT2D eigenvalue weighted by atomic mass is 9.79. The number of amides is 1. The van der Waals surface area contributed by atoms with E-state index in [0.29, 0.717) is 11.5 Å². The van der Waals surface area contributed by atoms with Gasteiger partial charge in [-0.3, -0.25) is 4.79 Å². The number of furan rings is 1. The van der Waals surface area contributed by atoms with Crippen molar-refractivity contribution in [1.29, 1.82) is 0 Å². The molecule has 27 heavy (non-hydrogen) atoms. The van der Waals surface area contributed by atoms with Crippen molar-refractivity contribution in [3.8, 4) is 11.8 Å². The van der Waals surface area contributed by atoms with Gasteiger partial charge in [0.2, 0.25) is 0 Å². The second-order valence-electron chi connectivity index (χ2n) is 9.23. The molecule has 1 saturated carbocycles. The van der Waals surface area contributed by atoms with E-state index in [1.807, 2.05) is 4.90 Å². The molecule has 3 fully saturated rings. The topological polar surface area (TPSA) is 56.9 Å². The van der Waals surface area contributed by atoms with Crippen molar-refractivity contribution in [3.05, 3.63) is 23.7 Å². The number of carbonyl (C=O) groups is 1. The third-order valence-electron chi connectivity index (χ3n) is 5.99. The molecule has 0 unspecified atom stereocenters. The molecular weight excluding hydrogens is 340 g/mol. The van der Waals surface area contributed by atoms with Gasteiger partial charge in [0.15, 0.2) is 11.5 Å². The van der Waals surface area contributed by atoms with Crippen molar-refractivity contribution < 1.29 is 14.3 Å². The molecule has 2 aliphatic heterocycles. The van der Waals surface area contributed by atoms with E-state index < -0.39 is 5.60 Å². The maximum absolute atomic E-state index is 12.9. The van der Waals surface area contributed by atoms with Gasteiger partial charge in [-0.15, -0.1) is 0 Å². The number of rotatable bonds is 3. The average molecular weight is 370 g/mol. The summed E-state index contributed by atoms with van der Waals surface area (Å²) in [6.45, 7) is 8.48. The summed E-state index contributed by atoms with van der Waals surface area (Å²) in [4.78, 5) is 17.5. The van der Waals surface area contributed by atoms with Crippen LogP contribution >= 0.6 is 0 Å². The van der Waals surface area contributed by atoms with Gasteiger partial charge in [0.05, 0.1) is 0 Å². The third-order valence-corrected chi connectivity index (χ3v) is 5.99. The standard InChI is InChI=1S/C22H30N2O3/c1-21(2,26)10-8-18-6-7-19(27-18)20(25)24-13-11-22(16-24)9-3-12-23(15-22)14-17-4-5-17/h6-7,17,26H,3-5,9,11-16H2,1-2H3/t22-/m0/s1. The molecular formula is C22H30N2O3. The fourth-order valence-corrected chi connectivity index (χ4v) is 4.46. The van der Waals surface area contributed by atoms with Crippen LogP contribution in [0.25, 0.3) is 0 Å². The van der Waals surface area contributed by atoms with Crippen molar-refractivity contribution in [3.63, 3.8) is 0 Å². The largest absolute Gasteiger partial charge is 0.443 e. The molecule has 146 valence electrons. The third kappa shape index (κ3) is 4.56. The Morgan fingerprint density at radius 2 is 2.11 bits per heavy atom. The van der Waals surface area contributed by atoms with E-state index in [2.05, 4.69) is 16.7 Å². The highest BCUT2D eigenvalue weighted by molar-refractivity contribution is 5.91. The molecule has 1 atom stereocenters. The van der Waals surface area contributed by atoms with Crippen molar-refractivity contribution in [2.24, 2.45) is 11.3 Å². The Bertz CT molecular complexity index is 763. The molecule has 4 rings (SSSR count). The Balaban J connectivity index is 1.39. The summed E-state index contributed by atoms with van der Waals surface area (Å²) in [6, 6.07) is 3.40. The monoisotopic (exact) mass is 370 g/mol. The lowest BCUT2D eigenvalue weighted by Gasteiger charge is -2.40. The predicted molar refractivity (Wildman–Crippen MR) is 103 cm³/mol. The first-order chi connectivity index (χ1) is 12.8. The molecule has 0 aromatic carbocycles. The zero-order valence-corrected chi connectivity index (χ0v) is 16.5. The summed E-state index contributed by atoms with van der Waals surface area (Å²) < 4.78 is 5.62. The Morgan fingerprint density at radius 3 is 2.85 bits per heavy atom. The Labute approximate surface area is 161 Å². The Morgan fingerprint density at radius 1 is 1.30 bits per heavy atom. The molecule has 5 nitrogen and oxygen atoms in total. The summed E-state index contributed by atoms with van der Waals surface area (Å²) in [5.41, 5.74) is -0.815. The van der Waals surface area contributed by atoms with Gasteiger partial charge >= 0.3 is 0 Å². The summed E-state index contributed by atoms with van der Waals surface area (Å²) in [5, 5.41) is 9.69. The molecule has 3 heterocycles. The average Bonchev–Trinajstić information content (AvgIpc) is 3.15. The van der Waals surface area contributed by atoms with Gasteiger partial charge in [-0.2, -0.15) is 0 Å². The minimum absolute atomic E-state index is 0.0394. The van der Waals surface area contributed by atoms with Crippen LogP contribution in [0, 0.1) is 23.2 Å². The van der Waals surface area contributed by atoms with Gasteiger partial charge in [-0.1, -0.05) is 5.92 Å².